The van der Waals surface area contributed by atoms with Gasteiger partial charge in [0.05, 0.1) is 12.8 Å². The molecule has 1 amide bonds. The molecule has 5 heteroatoms. The van der Waals surface area contributed by atoms with E-state index < -0.39 is 0 Å². The van der Waals surface area contributed by atoms with Crippen LogP contribution in [0.15, 0.2) is 46.6 Å². The standard InChI is InChI=1S/C17H19N3O2/c1-11-5-7-14(15(9-11)18-13(3)21)19-20-16-10-12(2)6-8-17(16)22-4/h5-10H,1-4H3,(H,18,21). The Balaban J connectivity index is 2.38. The number of aryl methyl sites for hydroxylation is 2. The minimum Gasteiger partial charge on any atom is -0.494 e. The molecule has 2 rings (SSSR count). The Bertz CT molecular complexity index is 724. The van der Waals surface area contributed by atoms with Gasteiger partial charge < -0.3 is 10.1 Å². The van der Waals surface area contributed by atoms with Crippen LogP contribution in [0.3, 0.4) is 0 Å². The van der Waals surface area contributed by atoms with Crippen LogP contribution in [-0.4, -0.2) is 13.0 Å². The highest BCUT2D eigenvalue weighted by atomic mass is 16.5. The van der Waals surface area contributed by atoms with Crippen molar-refractivity contribution >= 4 is 23.0 Å². The third-order valence-electron chi connectivity index (χ3n) is 3.06. The first-order valence-electron chi connectivity index (χ1n) is 6.94. The van der Waals surface area contributed by atoms with E-state index in [-0.39, 0.29) is 5.91 Å². The predicted molar refractivity (Wildman–Crippen MR) is 87.4 cm³/mol. The molecule has 0 saturated carbocycles. The van der Waals surface area contributed by atoms with Gasteiger partial charge in [-0.15, -0.1) is 10.2 Å². The molecular weight excluding hydrogens is 278 g/mol. The van der Waals surface area contributed by atoms with Gasteiger partial charge in [0.15, 0.2) is 0 Å². The molecule has 1 N–H and O–H groups in total. The van der Waals surface area contributed by atoms with Gasteiger partial charge in [-0.2, -0.15) is 0 Å². The quantitative estimate of drug-likeness (QED) is 0.832. The van der Waals surface area contributed by atoms with Crippen LogP contribution < -0.4 is 10.1 Å². The number of nitrogens with zero attached hydrogens (tertiary/aromatic N) is 2. The zero-order valence-electron chi connectivity index (χ0n) is 13.2. The largest absolute Gasteiger partial charge is 0.494 e. The Morgan fingerprint density at radius 3 is 2.32 bits per heavy atom. The lowest BCUT2D eigenvalue weighted by molar-refractivity contribution is -0.114. The lowest BCUT2D eigenvalue weighted by Gasteiger charge is -2.07. The predicted octanol–water partition coefficient (Wildman–Crippen LogP) is 4.69. The Morgan fingerprint density at radius 2 is 1.64 bits per heavy atom. The summed E-state index contributed by atoms with van der Waals surface area (Å²) in [5.74, 6) is 0.512. The van der Waals surface area contributed by atoms with Crippen LogP contribution in [0, 0.1) is 13.8 Å². The molecule has 0 aliphatic heterocycles. The van der Waals surface area contributed by atoms with Crippen molar-refractivity contribution in [2.75, 3.05) is 12.4 Å². The molecule has 0 spiro atoms. The summed E-state index contributed by atoms with van der Waals surface area (Å²) in [7, 11) is 1.60. The summed E-state index contributed by atoms with van der Waals surface area (Å²) in [6.07, 6.45) is 0. The van der Waals surface area contributed by atoms with Crippen LogP contribution in [0.1, 0.15) is 18.1 Å². The van der Waals surface area contributed by atoms with Crippen LogP contribution in [0.4, 0.5) is 17.1 Å². The minimum atomic E-state index is -0.143. The van der Waals surface area contributed by atoms with E-state index in [4.69, 9.17) is 4.74 Å². The maximum absolute atomic E-state index is 11.3. The normalized spacial score (nSPS) is 10.7. The molecule has 0 saturated heterocycles. The summed E-state index contributed by atoms with van der Waals surface area (Å²) >= 11 is 0. The van der Waals surface area contributed by atoms with Crippen molar-refractivity contribution in [2.24, 2.45) is 10.2 Å². The van der Waals surface area contributed by atoms with E-state index in [2.05, 4.69) is 15.5 Å². The molecule has 0 radical (unpaired) electrons. The van der Waals surface area contributed by atoms with Crippen LogP contribution in [0.2, 0.25) is 0 Å². The fourth-order valence-electron chi connectivity index (χ4n) is 2.01. The average molecular weight is 297 g/mol. The number of ether oxygens (including phenoxy) is 1. The Kier molecular flexibility index (Phi) is 4.88. The van der Waals surface area contributed by atoms with Crippen molar-refractivity contribution in [3.8, 4) is 5.75 Å². The number of anilines is 1. The number of hydrogen-bond acceptors (Lipinski definition) is 4. The molecule has 22 heavy (non-hydrogen) atoms. The van der Waals surface area contributed by atoms with Crippen LogP contribution in [0.5, 0.6) is 5.75 Å². The van der Waals surface area contributed by atoms with Gasteiger partial charge >= 0.3 is 0 Å². The van der Waals surface area contributed by atoms with Gasteiger partial charge in [-0.25, -0.2) is 0 Å². The zero-order chi connectivity index (χ0) is 16.1. The molecule has 0 atom stereocenters. The van der Waals surface area contributed by atoms with E-state index in [1.54, 1.807) is 7.11 Å². The third-order valence-corrected chi connectivity index (χ3v) is 3.06. The second-order valence-corrected chi connectivity index (χ2v) is 5.08. The maximum Gasteiger partial charge on any atom is 0.221 e. The number of hydrogen-bond donors (Lipinski definition) is 1. The molecule has 2 aromatic rings. The van der Waals surface area contributed by atoms with E-state index in [0.29, 0.717) is 22.8 Å². The van der Waals surface area contributed by atoms with Crippen LogP contribution in [-0.2, 0) is 4.79 Å². The number of carbonyl (C=O) groups excluding carboxylic acids is 1. The molecule has 0 bridgehead atoms. The number of nitrogens with one attached hydrogen (secondary N) is 1. The summed E-state index contributed by atoms with van der Waals surface area (Å²) < 4.78 is 5.28. The molecule has 0 fully saturated rings. The first-order chi connectivity index (χ1) is 10.5. The van der Waals surface area contributed by atoms with Gasteiger partial charge in [-0.05, 0) is 49.2 Å². The number of amides is 1. The number of rotatable bonds is 4. The van der Waals surface area contributed by atoms with Gasteiger partial charge in [0, 0.05) is 6.92 Å². The molecule has 0 unspecified atom stereocenters. The monoisotopic (exact) mass is 297 g/mol. The van der Waals surface area contributed by atoms with Crippen LogP contribution in [0.25, 0.3) is 0 Å². The summed E-state index contributed by atoms with van der Waals surface area (Å²) in [5.41, 5.74) is 4.00. The van der Waals surface area contributed by atoms with E-state index in [9.17, 15) is 4.79 Å². The van der Waals surface area contributed by atoms with Crippen LogP contribution >= 0.6 is 0 Å². The van der Waals surface area contributed by atoms with E-state index in [0.717, 1.165) is 11.1 Å². The van der Waals surface area contributed by atoms with E-state index in [1.807, 2.05) is 50.2 Å². The van der Waals surface area contributed by atoms with E-state index in [1.165, 1.54) is 6.92 Å². The molecule has 5 nitrogen and oxygen atoms in total. The summed E-state index contributed by atoms with van der Waals surface area (Å²) in [6, 6.07) is 11.3. The first-order valence-corrected chi connectivity index (χ1v) is 6.94. The molecule has 2 aromatic carbocycles. The fraction of sp³-hybridized carbons (Fsp3) is 0.235. The summed E-state index contributed by atoms with van der Waals surface area (Å²) in [5, 5.41) is 11.3. The summed E-state index contributed by atoms with van der Waals surface area (Å²) in [4.78, 5) is 11.3. The highest BCUT2D eigenvalue weighted by Crippen LogP contribution is 2.32. The topological polar surface area (TPSA) is 63.1 Å². The highest BCUT2D eigenvalue weighted by Gasteiger charge is 2.06. The second-order valence-electron chi connectivity index (χ2n) is 5.08. The molecular formula is C17H19N3O2. The van der Waals surface area contributed by atoms with E-state index >= 15 is 0 Å². The fourth-order valence-corrected chi connectivity index (χ4v) is 2.01. The highest BCUT2D eigenvalue weighted by molar-refractivity contribution is 5.92. The van der Waals surface area contributed by atoms with Gasteiger partial charge in [0.1, 0.15) is 17.1 Å². The zero-order valence-corrected chi connectivity index (χ0v) is 13.2. The van der Waals surface area contributed by atoms with Gasteiger partial charge in [-0.3, -0.25) is 4.79 Å². The lowest BCUT2D eigenvalue weighted by atomic mass is 10.2. The Morgan fingerprint density at radius 1 is 1.00 bits per heavy atom. The number of benzene rings is 2. The summed E-state index contributed by atoms with van der Waals surface area (Å²) in [6.45, 7) is 5.40. The Labute approximate surface area is 130 Å². The molecule has 0 aliphatic rings. The van der Waals surface area contributed by atoms with Gasteiger partial charge in [-0.1, -0.05) is 12.1 Å². The van der Waals surface area contributed by atoms with Crippen molar-refractivity contribution in [3.05, 3.63) is 47.5 Å². The molecule has 0 aliphatic carbocycles. The molecule has 0 heterocycles. The van der Waals surface area contributed by atoms with Crippen molar-refractivity contribution in [2.45, 2.75) is 20.8 Å². The van der Waals surface area contributed by atoms with Gasteiger partial charge in [0.25, 0.3) is 0 Å². The number of azo groups is 1. The van der Waals surface area contributed by atoms with Crippen molar-refractivity contribution < 1.29 is 9.53 Å². The maximum atomic E-state index is 11.3. The number of methoxy groups -OCH3 is 1. The SMILES string of the molecule is COc1ccc(C)cc1N=Nc1ccc(C)cc1NC(C)=O. The third kappa shape index (κ3) is 3.91. The second kappa shape index (κ2) is 6.85. The Hall–Kier alpha value is -2.69. The molecule has 114 valence electrons. The van der Waals surface area contributed by atoms with Crippen molar-refractivity contribution in [1.29, 1.82) is 0 Å². The lowest BCUT2D eigenvalue weighted by Crippen LogP contribution is -2.05. The minimum absolute atomic E-state index is 0.143. The smallest absolute Gasteiger partial charge is 0.221 e. The first kappa shape index (κ1) is 15.7. The van der Waals surface area contributed by atoms with Crippen molar-refractivity contribution in [3.63, 3.8) is 0 Å². The van der Waals surface area contributed by atoms with Crippen molar-refractivity contribution in [1.82, 2.24) is 0 Å². The number of carbonyl (C=O) groups is 1. The molecule has 0 aromatic heterocycles. The van der Waals surface area contributed by atoms with Gasteiger partial charge in [0.2, 0.25) is 5.91 Å². The average Bonchev–Trinajstić information content (AvgIpc) is 2.46.